The van der Waals surface area contributed by atoms with Crippen molar-refractivity contribution in [2.45, 2.75) is 12.8 Å². The minimum atomic E-state index is -0.239. The van der Waals surface area contributed by atoms with Crippen molar-refractivity contribution in [3.8, 4) is 5.75 Å². The third-order valence-electron chi connectivity index (χ3n) is 5.31. The number of rotatable bonds is 5. The summed E-state index contributed by atoms with van der Waals surface area (Å²) in [7, 11) is 1.57. The van der Waals surface area contributed by atoms with Crippen LogP contribution in [0.25, 0.3) is 11.0 Å². The van der Waals surface area contributed by atoms with E-state index in [2.05, 4.69) is 10.3 Å². The van der Waals surface area contributed by atoms with Gasteiger partial charge in [-0.25, -0.2) is 0 Å². The molecule has 0 spiro atoms. The molecular formula is C22H23N3O4. The van der Waals surface area contributed by atoms with Crippen LogP contribution in [0.4, 0.5) is 0 Å². The monoisotopic (exact) mass is 393 g/mol. The second-order valence-electron chi connectivity index (χ2n) is 7.18. The standard InChI is InChI=1S/C22H23N3O4/c1-28-18-6-2-4-16-12-19(29-20(16)18)21(26)24-13-15-7-10-25(11-8-15)22(27)17-5-3-9-23-14-17/h2-6,9,12,14-15H,7-8,10-11,13H2,1H3,(H,24,26). The van der Waals surface area contributed by atoms with Crippen molar-refractivity contribution in [3.63, 3.8) is 0 Å². The molecule has 1 fully saturated rings. The Kier molecular flexibility index (Phi) is 5.46. The summed E-state index contributed by atoms with van der Waals surface area (Å²) in [6.07, 6.45) is 4.95. The highest BCUT2D eigenvalue weighted by Crippen LogP contribution is 2.28. The number of pyridine rings is 1. The van der Waals surface area contributed by atoms with E-state index in [0.717, 1.165) is 18.2 Å². The highest BCUT2D eigenvalue weighted by atomic mass is 16.5. The smallest absolute Gasteiger partial charge is 0.287 e. The highest BCUT2D eigenvalue weighted by molar-refractivity contribution is 5.97. The Bertz CT molecular complexity index is 1010. The number of piperidine rings is 1. The molecule has 1 aliphatic rings. The van der Waals surface area contributed by atoms with Gasteiger partial charge in [0, 0.05) is 37.4 Å². The van der Waals surface area contributed by atoms with Crippen LogP contribution in [0.5, 0.6) is 5.75 Å². The van der Waals surface area contributed by atoms with Crippen molar-refractivity contribution in [1.29, 1.82) is 0 Å². The van der Waals surface area contributed by atoms with Crippen LogP contribution in [0.2, 0.25) is 0 Å². The molecular weight excluding hydrogens is 370 g/mol. The van der Waals surface area contributed by atoms with E-state index < -0.39 is 0 Å². The van der Waals surface area contributed by atoms with E-state index in [9.17, 15) is 9.59 Å². The van der Waals surface area contributed by atoms with Crippen LogP contribution in [0, 0.1) is 5.92 Å². The first-order valence-electron chi connectivity index (χ1n) is 9.70. The fraction of sp³-hybridized carbons (Fsp3) is 0.318. The lowest BCUT2D eigenvalue weighted by Gasteiger charge is -2.32. The van der Waals surface area contributed by atoms with Gasteiger partial charge >= 0.3 is 0 Å². The van der Waals surface area contributed by atoms with Gasteiger partial charge in [-0.1, -0.05) is 12.1 Å². The van der Waals surface area contributed by atoms with Crippen molar-refractivity contribution in [3.05, 3.63) is 60.1 Å². The lowest BCUT2D eigenvalue weighted by atomic mass is 9.96. The number of amides is 2. The molecule has 0 bridgehead atoms. The fourth-order valence-corrected chi connectivity index (χ4v) is 3.65. The molecule has 3 aromatic rings. The molecule has 150 valence electrons. The van der Waals surface area contributed by atoms with Crippen LogP contribution in [-0.4, -0.2) is 48.4 Å². The summed E-state index contributed by atoms with van der Waals surface area (Å²) >= 11 is 0. The first-order valence-corrected chi connectivity index (χ1v) is 9.70. The van der Waals surface area contributed by atoms with E-state index >= 15 is 0 Å². The van der Waals surface area contributed by atoms with Crippen LogP contribution >= 0.6 is 0 Å². The minimum absolute atomic E-state index is 0.0109. The lowest BCUT2D eigenvalue weighted by molar-refractivity contribution is 0.0683. The number of likely N-dealkylation sites (tertiary alicyclic amines) is 1. The van der Waals surface area contributed by atoms with Gasteiger partial charge in [0.2, 0.25) is 0 Å². The molecule has 29 heavy (non-hydrogen) atoms. The Morgan fingerprint density at radius 3 is 2.79 bits per heavy atom. The number of fused-ring (bicyclic) bond motifs is 1. The number of hydrogen-bond acceptors (Lipinski definition) is 5. The molecule has 1 aromatic carbocycles. The molecule has 0 atom stereocenters. The largest absolute Gasteiger partial charge is 0.493 e. The summed E-state index contributed by atoms with van der Waals surface area (Å²) in [5.74, 6) is 0.977. The molecule has 0 unspecified atom stereocenters. The number of benzene rings is 1. The number of carbonyl (C=O) groups is 2. The van der Waals surface area contributed by atoms with Gasteiger partial charge in [0.15, 0.2) is 17.1 Å². The zero-order valence-corrected chi connectivity index (χ0v) is 16.3. The highest BCUT2D eigenvalue weighted by Gasteiger charge is 2.24. The Hall–Kier alpha value is -3.35. The first kappa shape index (κ1) is 19.0. The van der Waals surface area contributed by atoms with E-state index in [4.69, 9.17) is 9.15 Å². The third kappa shape index (κ3) is 4.08. The zero-order valence-electron chi connectivity index (χ0n) is 16.3. The summed E-state index contributed by atoms with van der Waals surface area (Å²) in [4.78, 5) is 30.8. The number of aromatic nitrogens is 1. The second-order valence-corrected chi connectivity index (χ2v) is 7.18. The normalized spacial score (nSPS) is 14.7. The SMILES string of the molecule is COc1cccc2cc(C(=O)NCC3CCN(C(=O)c4cccnc4)CC3)oc12. The quantitative estimate of drug-likeness (QED) is 0.720. The van der Waals surface area contributed by atoms with Gasteiger partial charge in [-0.2, -0.15) is 0 Å². The zero-order chi connectivity index (χ0) is 20.2. The number of nitrogens with one attached hydrogen (secondary N) is 1. The molecule has 4 rings (SSSR count). The van der Waals surface area contributed by atoms with Gasteiger partial charge < -0.3 is 19.4 Å². The number of para-hydroxylation sites is 1. The van der Waals surface area contributed by atoms with Crippen LogP contribution < -0.4 is 10.1 Å². The molecule has 2 aromatic heterocycles. The summed E-state index contributed by atoms with van der Waals surface area (Å²) in [6.45, 7) is 1.91. The lowest BCUT2D eigenvalue weighted by Crippen LogP contribution is -2.41. The predicted molar refractivity (Wildman–Crippen MR) is 108 cm³/mol. The summed E-state index contributed by atoms with van der Waals surface area (Å²) in [6, 6.07) is 10.8. The number of ether oxygens (including phenoxy) is 1. The molecule has 3 heterocycles. The molecule has 0 aliphatic carbocycles. The van der Waals surface area contributed by atoms with Crippen LogP contribution in [0.1, 0.15) is 33.8 Å². The Balaban J connectivity index is 1.30. The number of nitrogens with zero attached hydrogens (tertiary/aromatic N) is 2. The Morgan fingerprint density at radius 2 is 2.07 bits per heavy atom. The van der Waals surface area contributed by atoms with E-state index in [1.807, 2.05) is 17.0 Å². The van der Waals surface area contributed by atoms with E-state index in [1.54, 1.807) is 43.8 Å². The molecule has 0 saturated carbocycles. The molecule has 1 N–H and O–H groups in total. The maximum atomic E-state index is 12.5. The van der Waals surface area contributed by atoms with Gasteiger partial charge in [0.25, 0.3) is 11.8 Å². The number of carbonyl (C=O) groups excluding carboxylic acids is 2. The van der Waals surface area contributed by atoms with Gasteiger partial charge in [-0.05, 0) is 43.0 Å². The summed E-state index contributed by atoms with van der Waals surface area (Å²) in [5.41, 5.74) is 1.18. The topological polar surface area (TPSA) is 84.7 Å². The van der Waals surface area contributed by atoms with Gasteiger partial charge in [-0.15, -0.1) is 0 Å². The van der Waals surface area contributed by atoms with Gasteiger partial charge in [0.1, 0.15) is 0 Å². The average molecular weight is 393 g/mol. The minimum Gasteiger partial charge on any atom is -0.493 e. The summed E-state index contributed by atoms with van der Waals surface area (Å²) in [5, 5.41) is 3.79. The molecule has 1 aliphatic heterocycles. The molecule has 2 amide bonds. The van der Waals surface area contributed by atoms with E-state index in [1.165, 1.54) is 0 Å². The number of furan rings is 1. The number of methoxy groups -OCH3 is 1. The third-order valence-corrected chi connectivity index (χ3v) is 5.31. The van der Waals surface area contributed by atoms with E-state index in [-0.39, 0.29) is 17.6 Å². The predicted octanol–water partition coefficient (Wildman–Crippen LogP) is 3.12. The van der Waals surface area contributed by atoms with Crippen molar-refractivity contribution >= 4 is 22.8 Å². The fourth-order valence-electron chi connectivity index (χ4n) is 3.65. The van der Waals surface area contributed by atoms with Gasteiger partial charge in [0.05, 0.1) is 12.7 Å². The van der Waals surface area contributed by atoms with Crippen molar-refractivity contribution in [2.75, 3.05) is 26.7 Å². The van der Waals surface area contributed by atoms with E-state index in [0.29, 0.717) is 42.4 Å². The molecule has 7 nitrogen and oxygen atoms in total. The first-order chi connectivity index (χ1) is 14.2. The van der Waals surface area contributed by atoms with Crippen LogP contribution in [0.15, 0.2) is 53.2 Å². The van der Waals surface area contributed by atoms with Crippen LogP contribution in [0.3, 0.4) is 0 Å². The number of hydrogen-bond donors (Lipinski definition) is 1. The van der Waals surface area contributed by atoms with Crippen molar-refractivity contribution in [1.82, 2.24) is 15.2 Å². The maximum Gasteiger partial charge on any atom is 0.287 e. The molecule has 0 radical (unpaired) electrons. The van der Waals surface area contributed by atoms with Crippen molar-refractivity contribution in [2.24, 2.45) is 5.92 Å². The van der Waals surface area contributed by atoms with Gasteiger partial charge in [-0.3, -0.25) is 14.6 Å². The summed E-state index contributed by atoms with van der Waals surface area (Å²) < 4.78 is 11.0. The second kappa shape index (κ2) is 8.34. The maximum absolute atomic E-state index is 12.5. The molecule has 1 saturated heterocycles. The Labute approximate surface area is 168 Å². The average Bonchev–Trinajstić information content (AvgIpc) is 3.22. The van der Waals surface area contributed by atoms with Crippen LogP contribution in [-0.2, 0) is 0 Å². The Morgan fingerprint density at radius 1 is 1.24 bits per heavy atom. The molecule has 7 heteroatoms. The van der Waals surface area contributed by atoms with Crippen molar-refractivity contribution < 1.29 is 18.7 Å².